The van der Waals surface area contributed by atoms with Crippen LogP contribution >= 0.6 is 0 Å². The zero-order valence-corrected chi connectivity index (χ0v) is 10.8. The van der Waals surface area contributed by atoms with Gasteiger partial charge in [0.1, 0.15) is 5.75 Å². The topological polar surface area (TPSA) is 26.3 Å². The molecule has 0 aliphatic heterocycles. The fraction of sp³-hybridized carbons (Fsp3) is 0.533. The van der Waals surface area contributed by atoms with E-state index in [2.05, 4.69) is 4.74 Å². The summed E-state index contributed by atoms with van der Waals surface area (Å²) in [5, 5.41) is 0. The molecule has 19 heavy (non-hydrogen) atoms. The van der Waals surface area contributed by atoms with Gasteiger partial charge in [-0.1, -0.05) is 32.1 Å². The van der Waals surface area contributed by atoms with Gasteiger partial charge in [-0.05, 0) is 30.2 Å². The number of hydrogen-bond donors (Lipinski definition) is 0. The second-order valence-corrected chi connectivity index (χ2v) is 5.03. The summed E-state index contributed by atoms with van der Waals surface area (Å²) in [7, 11) is 0. The molecule has 1 fully saturated rings. The third-order valence-corrected chi connectivity index (χ3v) is 3.60. The van der Waals surface area contributed by atoms with Crippen LogP contribution in [0, 0.1) is 5.92 Å². The van der Waals surface area contributed by atoms with E-state index in [4.69, 9.17) is 0 Å². The lowest BCUT2D eigenvalue weighted by atomic mass is 9.85. The molecule has 0 spiro atoms. The molecule has 0 radical (unpaired) electrons. The van der Waals surface area contributed by atoms with Gasteiger partial charge >= 0.3 is 6.61 Å². The number of carbonyl (C=O) groups is 1. The summed E-state index contributed by atoms with van der Waals surface area (Å²) in [5.74, 6) is 0.665. The first-order valence-corrected chi connectivity index (χ1v) is 6.73. The Morgan fingerprint density at radius 1 is 1.16 bits per heavy atom. The zero-order chi connectivity index (χ0) is 13.7. The van der Waals surface area contributed by atoms with Crippen molar-refractivity contribution in [3.63, 3.8) is 0 Å². The van der Waals surface area contributed by atoms with E-state index in [0.29, 0.717) is 17.9 Å². The van der Waals surface area contributed by atoms with Crippen molar-refractivity contribution >= 4 is 5.78 Å². The highest BCUT2D eigenvalue weighted by Crippen LogP contribution is 2.27. The van der Waals surface area contributed by atoms with E-state index < -0.39 is 6.61 Å². The van der Waals surface area contributed by atoms with Gasteiger partial charge in [0.15, 0.2) is 5.78 Å². The van der Waals surface area contributed by atoms with Crippen molar-refractivity contribution in [1.29, 1.82) is 0 Å². The van der Waals surface area contributed by atoms with Gasteiger partial charge in [-0.15, -0.1) is 0 Å². The average molecular weight is 268 g/mol. The van der Waals surface area contributed by atoms with Crippen LogP contribution in [0.5, 0.6) is 5.75 Å². The van der Waals surface area contributed by atoms with Crippen LogP contribution in [0.1, 0.15) is 48.9 Å². The molecule has 104 valence electrons. The minimum Gasteiger partial charge on any atom is -0.435 e. The van der Waals surface area contributed by atoms with Crippen LogP contribution in [0.15, 0.2) is 24.3 Å². The van der Waals surface area contributed by atoms with E-state index in [9.17, 15) is 13.6 Å². The summed E-state index contributed by atoms with van der Waals surface area (Å²) in [5.41, 5.74) is 0.576. The molecular weight excluding hydrogens is 250 g/mol. The zero-order valence-electron chi connectivity index (χ0n) is 10.8. The molecule has 1 saturated carbocycles. The van der Waals surface area contributed by atoms with Crippen LogP contribution < -0.4 is 4.74 Å². The van der Waals surface area contributed by atoms with Crippen molar-refractivity contribution in [2.75, 3.05) is 0 Å². The predicted molar refractivity (Wildman–Crippen MR) is 68.6 cm³/mol. The van der Waals surface area contributed by atoms with Crippen molar-refractivity contribution < 1.29 is 18.3 Å². The number of alkyl halides is 2. The number of ketones is 1. The molecule has 0 heterocycles. The molecule has 4 heteroatoms. The summed E-state index contributed by atoms with van der Waals surface area (Å²) in [6.07, 6.45) is 6.49. The van der Waals surface area contributed by atoms with Gasteiger partial charge in [-0.25, -0.2) is 0 Å². The highest BCUT2D eigenvalue weighted by molar-refractivity contribution is 5.96. The second kappa shape index (κ2) is 6.64. The lowest BCUT2D eigenvalue weighted by Crippen LogP contribution is -2.12. The van der Waals surface area contributed by atoms with Crippen molar-refractivity contribution in [3.05, 3.63) is 29.8 Å². The number of hydrogen-bond acceptors (Lipinski definition) is 2. The molecule has 2 nitrogen and oxygen atoms in total. The maximum absolute atomic E-state index is 12.1. The summed E-state index contributed by atoms with van der Waals surface area (Å²) < 4.78 is 28.3. The maximum Gasteiger partial charge on any atom is 0.387 e. The average Bonchev–Trinajstić information content (AvgIpc) is 2.40. The van der Waals surface area contributed by atoms with Crippen molar-refractivity contribution in [1.82, 2.24) is 0 Å². The largest absolute Gasteiger partial charge is 0.435 e. The van der Waals surface area contributed by atoms with E-state index in [-0.39, 0.29) is 11.5 Å². The Kier molecular flexibility index (Phi) is 4.88. The molecule has 0 aromatic heterocycles. The number of halogens is 2. The summed E-state index contributed by atoms with van der Waals surface area (Å²) in [6, 6.07) is 5.95. The molecule has 1 aliphatic rings. The number of rotatable bonds is 5. The Labute approximate surface area is 111 Å². The Hall–Kier alpha value is -1.45. The Morgan fingerprint density at radius 2 is 1.79 bits per heavy atom. The van der Waals surface area contributed by atoms with Crippen LogP contribution in [0.4, 0.5) is 8.78 Å². The molecule has 1 aromatic carbocycles. The van der Waals surface area contributed by atoms with Crippen LogP contribution in [-0.2, 0) is 0 Å². The lowest BCUT2D eigenvalue weighted by Gasteiger charge is -2.20. The fourth-order valence-corrected chi connectivity index (χ4v) is 2.59. The molecular formula is C15H18F2O2. The highest BCUT2D eigenvalue weighted by Gasteiger charge is 2.18. The summed E-state index contributed by atoms with van der Waals surface area (Å²) in [6.45, 7) is -2.83. The first-order chi connectivity index (χ1) is 9.15. The van der Waals surface area contributed by atoms with Crippen LogP contribution in [0.25, 0.3) is 0 Å². The summed E-state index contributed by atoms with van der Waals surface area (Å²) in [4.78, 5) is 12.1. The van der Waals surface area contributed by atoms with Crippen LogP contribution in [-0.4, -0.2) is 12.4 Å². The first-order valence-electron chi connectivity index (χ1n) is 6.73. The molecule has 2 rings (SSSR count). The van der Waals surface area contributed by atoms with Gasteiger partial charge in [-0.2, -0.15) is 8.78 Å². The van der Waals surface area contributed by atoms with E-state index in [0.717, 1.165) is 12.8 Å². The Morgan fingerprint density at radius 3 is 2.37 bits per heavy atom. The minimum absolute atomic E-state index is 0.0872. The smallest absolute Gasteiger partial charge is 0.387 e. The van der Waals surface area contributed by atoms with Gasteiger partial charge < -0.3 is 4.74 Å². The van der Waals surface area contributed by atoms with E-state index in [1.165, 1.54) is 31.4 Å². The minimum atomic E-state index is -2.83. The fourth-order valence-electron chi connectivity index (χ4n) is 2.59. The standard InChI is InChI=1S/C15H18F2O2/c16-15(17)19-13-8-6-12(7-9-13)14(18)10-11-4-2-1-3-5-11/h6-9,11,15H,1-5,10H2. The molecule has 0 saturated heterocycles. The third kappa shape index (κ3) is 4.30. The third-order valence-electron chi connectivity index (χ3n) is 3.60. The van der Waals surface area contributed by atoms with Crippen molar-refractivity contribution in [2.24, 2.45) is 5.92 Å². The first kappa shape index (κ1) is 14.0. The van der Waals surface area contributed by atoms with E-state index in [1.807, 2.05) is 0 Å². The molecule has 0 bridgehead atoms. The normalized spacial score (nSPS) is 16.6. The number of benzene rings is 1. The van der Waals surface area contributed by atoms with Crippen LogP contribution in [0.2, 0.25) is 0 Å². The predicted octanol–water partition coefficient (Wildman–Crippen LogP) is 4.44. The number of ether oxygens (including phenoxy) is 1. The van der Waals surface area contributed by atoms with E-state index >= 15 is 0 Å². The van der Waals surface area contributed by atoms with Crippen LogP contribution in [0.3, 0.4) is 0 Å². The quantitative estimate of drug-likeness (QED) is 0.738. The lowest BCUT2D eigenvalue weighted by molar-refractivity contribution is -0.0498. The maximum atomic E-state index is 12.1. The summed E-state index contributed by atoms with van der Waals surface area (Å²) >= 11 is 0. The Bertz CT molecular complexity index is 409. The van der Waals surface area contributed by atoms with E-state index in [1.54, 1.807) is 12.1 Å². The SMILES string of the molecule is O=C(CC1CCCCC1)c1ccc(OC(F)F)cc1. The molecule has 0 N–H and O–H groups in total. The van der Waals surface area contributed by atoms with Gasteiger partial charge in [0.05, 0.1) is 0 Å². The molecule has 0 atom stereocenters. The Balaban J connectivity index is 1.91. The molecule has 0 amide bonds. The number of carbonyl (C=O) groups excluding carboxylic acids is 1. The molecule has 1 aliphatic carbocycles. The van der Waals surface area contributed by atoms with Gasteiger partial charge in [0.25, 0.3) is 0 Å². The van der Waals surface area contributed by atoms with Gasteiger partial charge in [-0.3, -0.25) is 4.79 Å². The van der Waals surface area contributed by atoms with Gasteiger partial charge in [0, 0.05) is 12.0 Å². The second-order valence-electron chi connectivity index (χ2n) is 5.03. The molecule has 1 aromatic rings. The van der Waals surface area contributed by atoms with Crippen molar-refractivity contribution in [2.45, 2.75) is 45.1 Å². The highest BCUT2D eigenvalue weighted by atomic mass is 19.3. The monoisotopic (exact) mass is 268 g/mol. The van der Waals surface area contributed by atoms with Crippen molar-refractivity contribution in [3.8, 4) is 5.75 Å². The molecule has 0 unspecified atom stereocenters. The van der Waals surface area contributed by atoms with Gasteiger partial charge in [0.2, 0.25) is 0 Å². The number of Topliss-reactive ketones (excluding diaryl/α,β-unsaturated/α-hetero) is 1.